The third kappa shape index (κ3) is 4.09. The molecule has 24 heavy (non-hydrogen) atoms. The summed E-state index contributed by atoms with van der Waals surface area (Å²) in [7, 11) is 2.12. The van der Waals surface area contributed by atoms with Gasteiger partial charge in [0.05, 0.1) is 18.1 Å². The SMILES string of the molecule is CN1CCN(C(=S)N/N=C(/c2ccncc2)c2ccnnc2)CC1. The van der Waals surface area contributed by atoms with Gasteiger partial charge in [0.15, 0.2) is 5.11 Å². The summed E-state index contributed by atoms with van der Waals surface area (Å²) >= 11 is 5.48. The summed E-state index contributed by atoms with van der Waals surface area (Å²) in [6, 6.07) is 5.67. The van der Waals surface area contributed by atoms with Crippen molar-refractivity contribution in [2.75, 3.05) is 33.2 Å². The lowest BCUT2D eigenvalue weighted by molar-refractivity contribution is 0.214. The first kappa shape index (κ1) is 16.4. The Morgan fingerprint density at radius 3 is 2.42 bits per heavy atom. The average Bonchev–Trinajstić information content (AvgIpc) is 2.64. The molecule has 0 amide bonds. The third-order valence-electron chi connectivity index (χ3n) is 3.87. The van der Waals surface area contributed by atoms with Crippen LogP contribution in [-0.2, 0) is 0 Å². The first-order valence-corrected chi connectivity index (χ1v) is 8.13. The Morgan fingerprint density at radius 1 is 1.04 bits per heavy atom. The van der Waals surface area contributed by atoms with E-state index in [4.69, 9.17) is 12.2 Å². The lowest BCUT2D eigenvalue weighted by Gasteiger charge is -2.33. The van der Waals surface area contributed by atoms with Gasteiger partial charge in [0.2, 0.25) is 0 Å². The number of aromatic nitrogens is 3. The van der Waals surface area contributed by atoms with Gasteiger partial charge in [0.25, 0.3) is 0 Å². The van der Waals surface area contributed by atoms with E-state index >= 15 is 0 Å². The minimum Gasteiger partial charge on any atom is -0.345 e. The molecule has 1 saturated heterocycles. The van der Waals surface area contributed by atoms with Crippen molar-refractivity contribution in [3.05, 3.63) is 54.1 Å². The van der Waals surface area contributed by atoms with E-state index in [1.54, 1.807) is 24.8 Å². The summed E-state index contributed by atoms with van der Waals surface area (Å²) in [5, 5.41) is 12.9. The first-order valence-electron chi connectivity index (χ1n) is 7.72. The van der Waals surface area contributed by atoms with Crippen molar-refractivity contribution in [2.24, 2.45) is 5.10 Å². The van der Waals surface area contributed by atoms with Crippen molar-refractivity contribution in [1.82, 2.24) is 30.4 Å². The molecule has 0 aromatic carbocycles. The molecule has 0 saturated carbocycles. The normalized spacial score (nSPS) is 16.0. The molecule has 124 valence electrons. The standard InChI is InChI=1S/C16H19N7S/c1-22-8-10-23(11-9-22)16(24)21-20-15(13-2-5-17-6-3-13)14-4-7-18-19-12-14/h2-7,12H,8-11H2,1H3,(H,21,24)/b20-15-. The Morgan fingerprint density at radius 2 is 1.75 bits per heavy atom. The Labute approximate surface area is 146 Å². The van der Waals surface area contributed by atoms with Gasteiger partial charge in [-0.1, -0.05) is 0 Å². The zero-order valence-electron chi connectivity index (χ0n) is 13.5. The highest BCUT2D eigenvalue weighted by Crippen LogP contribution is 2.08. The van der Waals surface area contributed by atoms with Crippen LogP contribution in [0, 0.1) is 0 Å². The smallest absolute Gasteiger partial charge is 0.189 e. The van der Waals surface area contributed by atoms with E-state index in [2.05, 4.69) is 42.6 Å². The van der Waals surface area contributed by atoms with Crippen LogP contribution in [0.25, 0.3) is 0 Å². The molecule has 0 aliphatic carbocycles. The van der Waals surface area contributed by atoms with Crippen LogP contribution in [0.4, 0.5) is 0 Å². The molecule has 3 rings (SSSR count). The third-order valence-corrected chi connectivity index (χ3v) is 4.21. The zero-order chi connectivity index (χ0) is 16.8. The van der Waals surface area contributed by atoms with Crippen LogP contribution in [0.2, 0.25) is 0 Å². The molecule has 1 fully saturated rings. The summed E-state index contributed by atoms with van der Waals surface area (Å²) in [6.07, 6.45) is 6.79. The van der Waals surface area contributed by atoms with Crippen LogP contribution in [-0.4, -0.2) is 69.0 Å². The van der Waals surface area contributed by atoms with Gasteiger partial charge in [-0.15, -0.1) is 0 Å². The number of thiocarbonyl (C=S) groups is 1. The lowest BCUT2D eigenvalue weighted by Crippen LogP contribution is -2.49. The van der Waals surface area contributed by atoms with Gasteiger partial charge in [-0.3, -0.25) is 10.4 Å². The fourth-order valence-electron chi connectivity index (χ4n) is 2.42. The molecule has 0 unspecified atom stereocenters. The summed E-state index contributed by atoms with van der Waals surface area (Å²) in [5.41, 5.74) is 5.58. The summed E-state index contributed by atoms with van der Waals surface area (Å²) in [5.74, 6) is 0. The average molecular weight is 341 g/mol. The molecule has 2 aromatic rings. The second-order valence-electron chi connectivity index (χ2n) is 5.53. The van der Waals surface area contributed by atoms with Crippen LogP contribution >= 0.6 is 12.2 Å². The molecule has 0 spiro atoms. The van der Waals surface area contributed by atoms with Crippen LogP contribution < -0.4 is 5.43 Å². The zero-order valence-corrected chi connectivity index (χ0v) is 14.3. The molecule has 1 aliphatic rings. The Balaban J connectivity index is 1.78. The van der Waals surface area contributed by atoms with E-state index in [9.17, 15) is 0 Å². The lowest BCUT2D eigenvalue weighted by atomic mass is 10.1. The Hall–Kier alpha value is -2.45. The first-order chi connectivity index (χ1) is 11.7. The predicted octanol–water partition coefficient (Wildman–Crippen LogP) is 0.746. The highest BCUT2D eigenvalue weighted by atomic mass is 32.1. The van der Waals surface area contributed by atoms with Gasteiger partial charge in [-0.2, -0.15) is 15.3 Å². The van der Waals surface area contributed by atoms with Crippen molar-refractivity contribution in [1.29, 1.82) is 0 Å². The van der Waals surface area contributed by atoms with Gasteiger partial charge >= 0.3 is 0 Å². The van der Waals surface area contributed by atoms with Gasteiger partial charge in [0.1, 0.15) is 0 Å². The van der Waals surface area contributed by atoms with Gasteiger partial charge < -0.3 is 9.80 Å². The number of nitrogens with zero attached hydrogens (tertiary/aromatic N) is 6. The molecule has 3 heterocycles. The summed E-state index contributed by atoms with van der Waals surface area (Å²) < 4.78 is 0. The molecular weight excluding hydrogens is 322 g/mol. The van der Waals surface area contributed by atoms with Crippen LogP contribution in [0.5, 0.6) is 0 Å². The predicted molar refractivity (Wildman–Crippen MR) is 96.7 cm³/mol. The molecule has 0 atom stereocenters. The maximum absolute atomic E-state index is 5.48. The Bertz CT molecular complexity index is 655. The molecule has 1 aliphatic heterocycles. The van der Waals surface area contributed by atoms with Crippen molar-refractivity contribution >= 4 is 23.0 Å². The van der Waals surface area contributed by atoms with Gasteiger partial charge in [-0.05, 0) is 37.5 Å². The molecule has 8 heteroatoms. The topological polar surface area (TPSA) is 69.5 Å². The van der Waals surface area contributed by atoms with Crippen LogP contribution in [0.1, 0.15) is 11.1 Å². The maximum Gasteiger partial charge on any atom is 0.189 e. The second-order valence-corrected chi connectivity index (χ2v) is 5.92. The number of likely N-dealkylation sites (N-methyl/N-ethyl adjacent to an activating group) is 1. The highest BCUT2D eigenvalue weighted by molar-refractivity contribution is 7.80. The number of hydrogen-bond donors (Lipinski definition) is 1. The Kier molecular flexibility index (Phi) is 5.39. The monoisotopic (exact) mass is 341 g/mol. The van der Waals surface area contributed by atoms with Gasteiger partial charge in [-0.25, -0.2) is 0 Å². The van der Waals surface area contributed by atoms with E-state index < -0.39 is 0 Å². The number of rotatable bonds is 3. The van der Waals surface area contributed by atoms with E-state index in [-0.39, 0.29) is 0 Å². The number of nitrogens with one attached hydrogen (secondary N) is 1. The number of hydrogen-bond acceptors (Lipinski definition) is 6. The summed E-state index contributed by atoms with van der Waals surface area (Å²) in [4.78, 5) is 8.47. The molecule has 0 bridgehead atoms. The fraction of sp³-hybridized carbons (Fsp3) is 0.312. The molecular formula is C16H19N7S. The van der Waals surface area contributed by atoms with E-state index in [1.807, 2.05) is 18.2 Å². The van der Waals surface area contributed by atoms with Crippen molar-refractivity contribution in [3.8, 4) is 0 Å². The number of pyridine rings is 1. The minimum atomic E-state index is 0.636. The van der Waals surface area contributed by atoms with E-state index in [1.165, 1.54) is 0 Å². The fourth-order valence-corrected chi connectivity index (χ4v) is 2.65. The maximum atomic E-state index is 5.48. The quantitative estimate of drug-likeness (QED) is 0.502. The molecule has 2 aromatic heterocycles. The van der Waals surface area contributed by atoms with Crippen molar-refractivity contribution in [3.63, 3.8) is 0 Å². The molecule has 0 radical (unpaired) electrons. The molecule has 1 N–H and O–H groups in total. The van der Waals surface area contributed by atoms with E-state index in [0.29, 0.717) is 5.11 Å². The van der Waals surface area contributed by atoms with E-state index in [0.717, 1.165) is 43.0 Å². The van der Waals surface area contributed by atoms with Crippen molar-refractivity contribution < 1.29 is 0 Å². The number of hydrazone groups is 1. The van der Waals surface area contributed by atoms with Crippen molar-refractivity contribution in [2.45, 2.75) is 0 Å². The van der Waals surface area contributed by atoms with Crippen LogP contribution in [0.3, 0.4) is 0 Å². The van der Waals surface area contributed by atoms with Gasteiger partial charge in [0, 0.05) is 49.7 Å². The number of piperazine rings is 1. The minimum absolute atomic E-state index is 0.636. The highest BCUT2D eigenvalue weighted by Gasteiger charge is 2.16. The molecule has 7 nitrogen and oxygen atoms in total. The summed E-state index contributed by atoms with van der Waals surface area (Å²) in [6.45, 7) is 3.80. The van der Waals surface area contributed by atoms with Crippen LogP contribution in [0.15, 0.2) is 48.1 Å². The largest absolute Gasteiger partial charge is 0.345 e. The second kappa shape index (κ2) is 7.89.